The molecular formula is C15H22N2O2S. The molecule has 0 unspecified atom stereocenters. The average Bonchev–Trinajstić information content (AvgIpc) is 3.32. The van der Waals surface area contributed by atoms with E-state index in [0.717, 1.165) is 52.0 Å². The van der Waals surface area contributed by atoms with Crippen LogP contribution in [0.5, 0.6) is 0 Å². The van der Waals surface area contributed by atoms with Gasteiger partial charge in [-0.3, -0.25) is 0 Å². The fraction of sp³-hybridized carbons (Fsp3) is 0.600. The van der Waals surface area contributed by atoms with Crippen molar-refractivity contribution in [2.75, 3.05) is 32.7 Å². The van der Waals surface area contributed by atoms with Crippen LogP contribution in [0.4, 0.5) is 0 Å². The Morgan fingerprint density at radius 1 is 1.10 bits per heavy atom. The van der Waals surface area contributed by atoms with Crippen molar-refractivity contribution in [1.29, 1.82) is 0 Å². The summed E-state index contributed by atoms with van der Waals surface area (Å²) in [4.78, 5) is 2.94. The number of nitrogens with one attached hydrogen (secondary N) is 1. The van der Waals surface area contributed by atoms with E-state index in [1.807, 2.05) is 12.1 Å². The van der Waals surface area contributed by atoms with Gasteiger partial charge in [0.05, 0.1) is 10.1 Å². The maximum absolute atomic E-state index is 12.1. The van der Waals surface area contributed by atoms with Crippen molar-refractivity contribution in [2.45, 2.75) is 29.4 Å². The number of nitrogens with zero attached hydrogens (tertiary/aromatic N) is 1. The van der Waals surface area contributed by atoms with E-state index in [9.17, 15) is 8.42 Å². The minimum atomic E-state index is -3.04. The minimum Gasteiger partial charge on any atom is -0.314 e. The molecule has 0 spiro atoms. The van der Waals surface area contributed by atoms with Crippen LogP contribution in [0.1, 0.15) is 18.4 Å². The molecule has 20 heavy (non-hydrogen) atoms. The lowest BCUT2D eigenvalue weighted by Gasteiger charge is -2.27. The molecule has 1 N–H and O–H groups in total. The third kappa shape index (κ3) is 3.22. The SMILES string of the molecule is O=S(=O)(c1ccc(CCN2CCNCC2)cc1)C1CC1. The largest absolute Gasteiger partial charge is 0.314 e. The first-order valence-corrected chi connectivity index (χ1v) is 8.97. The molecule has 0 bridgehead atoms. The van der Waals surface area contributed by atoms with Crippen LogP contribution in [0.25, 0.3) is 0 Å². The molecule has 110 valence electrons. The molecule has 2 aliphatic rings. The lowest BCUT2D eigenvalue weighted by Crippen LogP contribution is -2.44. The highest BCUT2D eigenvalue weighted by molar-refractivity contribution is 7.92. The molecule has 0 radical (unpaired) electrons. The Morgan fingerprint density at radius 3 is 2.35 bits per heavy atom. The predicted octanol–water partition coefficient (Wildman–Crippen LogP) is 1.07. The first kappa shape index (κ1) is 14.0. The monoisotopic (exact) mass is 294 g/mol. The van der Waals surface area contributed by atoms with Gasteiger partial charge in [0.25, 0.3) is 0 Å². The van der Waals surface area contributed by atoms with Gasteiger partial charge in [0.15, 0.2) is 9.84 Å². The molecule has 1 aliphatic heterocycles. The van der Waals surface area contributed by atoms with E-state index in [4.69, 9.17) is 0 Å². The molecule has 1 heterocycles. The molecule has 5 heteroatoms. The summed E-state index contributed by atoms with van der Waals surface area (Å²) in [7, 11) is -3.04. The van der Waals surface area contributed by atoms with Gasteiger partial charge in [-0.2, -0.15) is 0 Å². The van der Waals surface area contributed by atoms with Crippen LogP contribution >= 0.6 is 0 Å². The standard InChI is InChI=1S/C15H22N2O2S/c18-20(19,15-5-6-15)14-3-1-13(2-4-14)7-10-17-11-8-16-9-12-17/h1-4,15-16H,5-12H2. The topological polar surface area (TPSA) is 49.4 Å². The van der Waals surface area contributed by atoms with Gasteiger partial charge in [0.1, 0.15) is 0 Å². The van der Waals surface area contributed by atoms with Crippen LogP contribution < -0.4 is 5.32 Å². The number of rotatable bonds is 5. The van der Waals surface area contributed by atoms with Crippen molar-refractivity contribution in [3.63, 3.8) is 0 Å². The van der Waals surface area contributed by atoms with Gasteiger partial charge in [-0.1, -0.05) is 12.1 Å². The van der Waals surface area contributed by atoms with Gasteiger partial charge in [-0.15, -0.1) is 0 Å². The fourth-order valence-electron chi connectivity index (χ4n) is 2.64. The zero-order valence-electron chi connectivity index (χ0n) is 11.7. The van der Waals surface area contributed by atoms with Crippen LogP contribution in [-0.4, -0.2) is 51.3 Å². The van der Waals surface area contributed by atoms with Crippen molar-refractivity contribution in [1.82, 2.24) is 10.2 Å². The van der Waals surface area contributed by atoms with Crippen molar-refractivity contribution in [3.8, 4) is 0 Å². The first-order valence-electron chi connectivity index (χ1n) is 7.42. The minimum absolute atomic E-state index is 0.116. The number of benzene rings is 1. The molecule has 0 amide bonds. The van der Waals surface area contributed by atoms with Gasteiger partial charge in [0.2, 0.25) is 0 Å². The normalized spacial score (nSPS) is 21.0. The lowest BCUT2D eigenvalue weighted by atomic mass is 10.1. The van der Waals surface area contributed by atoms with Gasteiger partial charge in [-0.25, -0.2) is 8.42 Å². The Bertz CT molecular complexity index is 544. The maximum Gasteiger partial charge on any atom is 0.181 e. The molecule has 2 fully saturated rings. The summed E-state index contributed by atoms with van der Waals surface area (Å²) in [6, 6.07) is 7.50. The number of piperazine rings is 1. The molecule has 1 aromatic rings. The molecule has 1 aliphatic carbocycles. The summed E-state index contributed by atoms with van der Waals surface area (Å²) in [5, 5.41) is 3.23. The highest BCUT2D eigenvalue weighted by Gasteiger charge is 2.36. The van der Waals surface area contributed by atoms with Crippen molar-refractivity contribution in [2.24, 2.45) is 0 Å². The Kier molecular flexibility index (Phi) is 4.10. The first-order chi connectivity index (χ1) is 9.66. The van der Waals surface area contributed by atoms with Gasteiger partial charge >= 0.3 is 0 Å². The summed E-state index contributed by atoms with van der Waals surface area (Å²) in [6.07, 6.45) is 2.64. The van der Waals surface area contributed by atoms with E-state index < -0.39 is 9.84 Å². The predicted molar refractivity (Wildman–Crippen MR) is 79.7 cm³/mol. The third-order valence-electron chi connectivity index (χ3n) is 4.14. The number of hydrogen-bond donors (Lipinski definition) is 1. The van der Waals surface area contributed by atoms with E-state index in [1.165, 1.54) is 5.56 Å². The van der Waals surface area contributed by atoms with Crippen LogP contribution in [0, 0.1) is 0 Å². The number of sulfone groups is 1. The Morgan fingerprint density at radius 2 is 1.75 bits per heavy atom. The highest BCUT2D eigenvalue weighted by Crippen LogP contribution is 2.33. The smallest absolute Gasteiger partial charge is 0.181 e. The zero-order chi connectivity index (χ0) is 14.0. The lowest BCUT2D eigenvalue weighted by molar-refractivity contribution is 0.244. The zero-order valence-corrected chi connectivity index (χ0v) is 12.5. The number of hydrogen-bond acceptors (Lipinski definition) is 4. The molecule has 0 atom stereocenters. The van der Waals surface area contributed by atoms with Gasteiger partial charge in [-0.05, 0) is 37.0 Å². The maximum atomic E-state index is 12.1. The van der Waals surface area contributed by atoms with E-state index in [2.05, 4.69) is 10.2 Å². The van der Waals surface area contributed by atoms with Crippen LogP contribution in [-0.2, 0) is 16.3 Å². The average molecular weight is 294 g/mol. The second-order valence-corrected chi connectivity index (χ2v) is 7.96. The molecule has 1 saturated heterocycles. The van der Waals surface area contributed by atoms with Crippen LogP contribution in [0.3, 0.4) is 0 Å². The fourth-order valence-corrected chi connectivity index (χ4v) is 4.30. The van der Waals surface area contributed by atoms with E-state index >= 15 is 0 Å². The molecule has 4 nitrogen and oxygen atoms in total. The summed E-state index contributed by atoms with van der Waals surface area (Å²) >= 11 is 0. The van der Waals surface area contributed by atoms with Gasteiger partial charge < -0.3 is 10.2 Å². The Balaban J connectivity index is 1.58. The Labute approximate surface area is 121 Å². The molecule has 1 aromatic carbocycles. The van der Waals surface area contributed by atoms with Crippen molar-refractivity contribution >= 4 is 9.84 Å². The molecular weight excluding hydrogens is 272 g/mol. The van der Waals surface area contributed by atoms with Crippen LogP contribution in [0.2, 0.25) is 0 Å². The Hall–Kier alpha value is -0.910. The molecule has 1 saturated carbocycles. The summed E-state index contributed by atoms with van der Waals surface area (Å²) in [5.41, 5.74) is 1.22. The second-order valence-electron chi connectivity index (χ2n) is 5.73. The van der Waals surface area contributed by atoms with E-state index in [0.29, 0.717) is 4.90 Å². The molecule has 0 aromatic heterocycles. The van der Waals surface area contributed by atoms with Crippen molar-refractivity contribution < 1.29 is 8.42 Å². The van der Waals surface area contributed by atoms with Gasteiger partial charge in [0, 0.05) is 32.7 Å². The summed E-state index contributed by atoms with van der Waals surface area (Å²) in [5.74, 6) is 0. The highest BCUT2D eigenvalue weighted by atomic mass is 32.2. The van der Waals surface area contributed by atoms with E-state index in [-0.39, 0.29) is 5.25 Å². The quantitative estimate of drug-likeness (QED) is 0.882. The van der Waals surface area contributed by atoms with Crippen molar-refractivity contribution in [3.05, 3.63) is 29.8 Å². The summed E-state index contributed by atoms with van der Waals surface area (Å²) < 4.78 is 24.2. The third-order valence-corrected chi connectivity index (χ3v) is 6.42. The second kappa shape index (κ2) is 5.84. The van der Waals surface area contributed by atoms with Crippen LogP contribution in [0.15, 0.2) is 29.2 Å². The van der Waals surface area contributed by atoms with E-state index in [1.54, 1.807) is 12.1 Å². The summed E-state index contributed by atoms with van der Waals surface area (Å²) in [6.45, 7) is 5.40. The molecule has 3 rings (SSSR count).